The molecule has 8 nitrogen and oxygen atoms in total. The monoisotopic (exact) mass is 453 g/mol. The molecule has 2 amide bonds. The fraction of sp³-hybridized carbons (Fsp3) is 0.304. The van der Waals surface area contributed by atoms with Crippen molar-refractivity contribution in [2.75, 3.05) is 38.1 Å². The van der Waals surface area contributed by atoms with Crippen molar-refractivity contribution in [3.8, 4) is 0 Å². The lowest BCUT2D eigenvalue weighted by atomic mass is 10.1. The van der Waals surface area contributed by atoms with E-state index in [1.807, 2.05) is 17.0 Å². The van der Waals surface area contributed by atoms with Crippen molar-refractivity contribution >= 4 is 40.0 Å². The van der Waals surface area contributed by atoms with Gasteiger partial charge in [-0.3, -0.25) is 14.4 Å². The Balaban J connectivity index is 1.34. The first-order chi connectivity index (χ1) is 15.5. The van der Waals surface area contributed by atoms with E-state index in [1.165, 1.54) is 0 Å². The molecule has 0 unspecified atom stereocenters. The van der Waals surface area contributed by atoms with Gasteiger partial charge in [0, 0.05) is 51.6 Å². The van der Waals surface area contributed by atoms with Crippen molar-refractivity contribution < 1.29 is 9.59 Å². The van der Waals surface area contributed by atoms with Crippen LogP contribution >= 0.6 is 11.6 Å². The Morgan fingerprint density at radius 1 is 1.12 bits per heavy atom. The zero-order valence-electron chi connectivity index (χ0n) is 17.7. The molecule has 0 radical (unpaired) electrons. The highest BCUT2D eigenvalue weighted by molar-refractivity contribution is 6.33. The molecular weight excluding hydrogens is 430 g/mol. The summed E-state index contributed by atoms with van der Waals surface area (Å²) < 4.78 is 0. The van der Waals surface area contributed by atoms with Gasteiger partial charge in [-0.05, 0) is 30.3 Å². The molecule has 1 aliphatic rings. The standard InChI is InChI=1S/C23H24ClN5O3/c1-25-22(31)15-6-7-19(17(24)14-15)28-10-12-29(13-11-28)21(30)9-8-20-26-18-5-3-2-4-16(18)23(32)27-20/h2-7,14H,8-13H2,1H3,(H,25,31)(H,26,27,32). The van der Waals surface area contributed by atoms with Gasteiger partial charge >= 0.3 is 0 Å². The summed E-state index contributed by atoms with van der Waals surface area (Å²) in [4.78, 5) is 47.8. The Bertz CT molecular complexity index is 1220. The van der Waals surface area contributed by atoms with Crippen molar-refractivity contribution in [1.29, 1.82) is 0 Å². The second kappa shape index (κ2) is 9.40. The third-order valence-corrected chi connectivity index (χ3v) is 5.95. The Kier molecular flexibility index (Phi) is 6.41. The third kappa shape index (κ3) is 4.60. The second-order valence-corrected chi connectivity index (χ2v) is 8.05. The smallest absolute Gasteiger partial charge is 0.258 e. The Labute approximate surface area is 190 Å². The topological polar surface area (TPSA) is 98.4 Å². The van der Waals surface area contributed by atoms with E-state index in [0.29, 0.717) is 59.9 Å². The average molecular weight is 454 g/mol. The zero-order valence-corrected chi connectivity index (χ0v) is 18.5. The van der Waals surface area contributed by atoms with E-state index in [1.54, 1.807) is 37.4 Å². The second-order valence-electron chi connectivity index (χ2n) is 7.64. The van der Waals surface area contributed by atoms with Gasteiger partial charge in [-0.1, -0.05) is 23.7 Å². The van der Waals surface area contributed by atoms with Crippen molar-refractivity contribution in [2.45, 2.75) is 12.8 Å². The lowest BCUT2D eigenvalue weighted by molar-refractivity contribution is -0.131. The van der Waals surface area contributed by atoms with Crippen molar-refractivity contribution in [1.82, 2.24) is 20.2 Å². The molecule has 0 atom stereocenters. The molecule has 0 bridgehead atoms. The summed E-state index contributed by atoms with van der Waals surface area (Å²) in [6, 6.07) is 12.4. The summed E-state index contributed by atoms with van der Waals surface area (Å²) in [6.45, 7) is 2.45. The first kappa shape index (κ1) is 21.8. The van der Waals surface area contributed by atoms with Crippen LogP contribution in [0.3, 0.4) is 0 Å². The average Bonchev–Trinajstić information content (AvgIpc) is 2.82. The fourth-order valence-electron chi connectivity index (χ4n) is 3.88. The maximum atomic E-state index is 12.7. The number of H-pyrrole nitrogens is 1. The van der Waals surface area contributed by atoms with Crippen molar-refractivity contribution in [3.63, 3.8) is 0 Å². The number of anilines is 1. The molecular formula is C23H24ClN5O3. The van der Waals surface area contributed by atoms with Gasteiger partial charge in [-0.2, -0.15) is 0 Å². The normalized spacial score (nSPS) is 13.9. The highest BCUT2D eigenvalue weighted by Crippen LogP contribution is 2.28. The highest BCUT2D eigenvalue weighted by Gasteiger charge is 2.23. The van der Waals surface area contributed by atoms with E-state index in [0.717, 1.165) is 5.69 Å². The predicted molar refractivity (Wildman–Crippen MR) is 124 cm³/mol. The summed E-state index contributed by atoms with van der Waals surface area (Å²) in [5.41, 5.74) is 1.80. The lowest BCUT2D eigenvalue weighted by Gasteiger charge is -2.36. The SMILES string of the molecule is CNC(=O)c1ccc(N2CCN(C(=O)CCc3nc4ccccc4c(=O)[nH]3)CC2)c(Cl)c1. The van der Waals surface area contributed by atoms with E-state index >= 15 is 0 Å². The number of carbonyl (C=O) groups is 2. The molecule has 32 heavy (non-hydrogen) atoms. The van der Waals surface area contributed by atoms with Gasteiger partial charge in [-0.15, -0.1) is 0 Å². The van der Waals surface area contributed by atoms with Crippen LogP contribution in [0.2, 0.25) is 5.02 Å². The van der Waals surface area contributed by atoms with E-state index in [4.69, 9.17) is 11.6 Å². The Hall–Kier alpha value is -3.39. The summed E-state index contributed by atoms with van der Waals surface area (Å²) in [7, 11) is 1.58. The van der Waals surface area contributed by atoms with E-state index < -0.39 is 0 Å². The molecule has 2 heterocycles. The van der Waals surface area contributed by atoms with Crippen LogP contribution in [-0.4, -0.2) is 59.9 Å². The number of benzene rings is 2. The van der Waals surface area contributed by atoms with Gasteiger partial charge in [0.05, 0.1) is 21.6 Å². The summed E-state index contributed by atoms with van der Waals surface area (Å²) >= 11 is 6.40. The van der Waals surface area contributed by atoms with Crippen LogP contribution in [0, 0.1) is 0 Å². The number of piperazine rings is 1. The molecule has 1 aliphatic heterocycles. The van der Waals surface area contributed by atoms with Crippen molar-refractivity contribution in [2.24, 2.45) is 0 Å². The van der Waals surface area contributed by atoms with Crippen LogP contribution in [0.25, 0.3) is 10.9 Å². The number of aromatic amines is 1. The van der Waals surface area contributed by atoms with Gasteiger partial charge in [0.15, 0.2) is 0 Å². The largest absolute Gasteiger partial charge is 0.367 e. The zero-order chi connectivity index (χ0) is 22.7. The molecule has 0 aliphatic carbocycles. The minimum absolute atomic E-state index is 0.0292. The first-order valence-corrected chi connectivity index (χ1v) is 10.9. The van der Waals surface area contributed by atoms with Crippen LogP contribution in [0.1, 0.15) is 22.6 Å². The summed E-state index contributed by atoms with van der Waals surface area (Å²) in [5, 5.41) is 3.64. The first-order valence-electron chi connectivity index (χ1n) is 10.5. The number of aryl methyl sites for hydroxylation is 1. The number of nitrogens with one attached hydrogen (secondary N) is 2. The molecule has 2 aromatic carbocycles. The molecule has 2 N–H and O–H groups in total. The van der Waals surface area contributed by atoms with Gasteiger partial charge in [0.2, 0.25) is 5.91 Å². The Morgan fingerprint density at radius 3 is 2.59 bits per heavy atom. The predicted octanol–water partition coefficient (Wildman–Crippen LogP) is 2.22. The number of nitrogens with zero attached hydrogens (tertiary/aromatic N) is 3. The number of amides is 2. The highest BCUT2D eigenvalue weighted by atomic mass is 35.5. The van der Waals surface area contributed by atoms with Crippen LogP contribution in [-0.2, 0) is 11.2 Å². The minimum Gasteiger partial charge on any atom is -0.367 e. The Morgan fingerprint density at radius 2 is 1.88 bits per heavy atom. The van der Waals surface area contributed by atoms with E-state index in [2.05, 4.69) is 20.2 Å². The maximum absolute atomic E-state index is 12.7. The molecule has 3 aromatic rings. The number of carbonyl (C=O) groups excluding carboxylic acids is 2. The number of rotatable bonds is 5. The van der Waals surface area contributed by atoms with E-state index in [9.17, 15) is 14.4 Å². The molecule has 9 heteroatoms. The quantitative estimate of drug-likeness (QED) is 0.617. The van der Waals surface area contributed by atoms with Crippen LogP contribution in [0.4, 0.5) is 5.69 Å². The fourth-order valence-corrected chi connectivity index (χ4v) is 4.18. The number of hydrogen-bond donors (Lipinski definition) is 2. The number of hydrogen-bond acceptors (Lipinski definition) is 5. The molecule has 1 fully saturated rings. The number of halogens is 1. The molecule has 166 valence electrons. The van der Waals surface area contributed by atoms with Gasteiger partial charge < -0.3 is 20.1 Å². The molecule has 0 spiro atoms. The van der Waals surface area contributed by atoms with E-state index in [-0.39, 0.29) is 23.8 Å². The molecule has 1 saturated heterocycles. The summed E-state index contributed by atoms with van der Waals surface area (Å²) in [6.07, 6.45) is 0.661. The summed E-state index contributed by atoms with van der Waals surface area (Å²) in [5.74, 6) is 0.362. The van der Waals surface area contributed by atoms with Crippen LogP contribution in [0.15, 0.2) is 47.3 Å². The molecule has 1 aromatic heterocycles. The van der Waals surface area contributed by atoms with Crippen LogP contribution < -0.4 is 15.8 Å². The van der Waals surface area contributed by atoms with Gasteiger partial charge in [-0.25, -0.2) is 4.98 Å². The van der Waals surface area contributed by atoms with Crippen molar-refractivity contribution in [3.05, 3.63) is 69.2 Å². The maximum Gasteiger partial charge on any atom is 0.258 e. The number of para-hydroxylation sites is 1. The van der Waals surface area contributed by atoms with Crippen LogP contribution in [0.5, 0.6) is 0 Å². The van der Waals surface area contributed by atoms with Gasteiger partial charge in [0.25, 0.3) is 11.5 Å². The minimum atomic E-state index is -0.189. The molecule has 4 rings (SSSR count). The van der Waals surface area contributed by atoms with Gasteiger partial charge in [0.1, 0.15) is 5.82 Å². The number of aromatic nitrogens is 2. The third-order valence-electron chi connectivity index (χ3n) is 5.65. The molecule has 0 saturated carbocycles. The number of fused-ring (bicyclic) bond motifs is 1. The lowest BCUT2D eigenvalue weighted by Crippen LogP contribution is -2.49.